The summed E-state index contributed by atoms with van der Waals surface area (Å²) in [5, 5.41) is 45.5. The molecule has 17 heteroatoms. The monoisotopic (exact) mass is 602 g/mol. The van der Waals surface area contributed by atoms with E-state index >= 15 is 0 Å². The van der Waals surface area contributed by atoms with Gasteiger partial charge in [0.25, 0.3) is 0 Å². The van der Waals surface area contributed by atoms with Crippen molar-refractivity contribution in [2.24, 2.45) is 0 Å². The molecule has 4 rings (SSSR count). The molecule has 4 heterocycles. The molecule has 0 saturated carbocycles. The first-order valence-corrected chi connectivity index (χ1v) is 13.1. The lowest BCUT2D eigenvalue weighted by Gasteiger charge is -2.31. The first kappa shape index (κ1) is 32.4. The third-order valence-electron chi connectivity index (χ3n) is 6.93. The van der Waals surface area contributed by atoms with E-state index in [2.05, 4.69) is 15.5 Å². The number of amides is 1. The highest BCUT2D eigenvalue weighted by Crippen LogP contribution is 2.41. The Morgan fingerprint density at radius 2 is 1.74 bits per heavy atom. The zero-order valence-corrected chi connectivity index (χ0v) is 22.9. The van der Waals surface area contributed by atoms with E-state index in [1.165, 1.54) is 0 Å². The van der Waals surface area contributed by atoms with Gasteiger partial charge in [0.1, 0.15) is 5.82 Å². The molecule has 5 N–H and O–H groups in total. The minimum atomic E-state index is -4.36. The van der Waals surface area contributed by atoms with Crippen LogP contribution < -0.4 is 5.32 Å². The Bertz CT molecular complexity index is 1290. The average Bonchev–Trinajstić information content (AvgIpc) is 3.59. The first-order chi connectivity index (χ1) is 19.5. The van der Waals surface area contributed by atoms with Crippen LogP contribution in [-0.4, -0.2) is 93.1 Å². The largest absolute Gasteiger partial charge is 0.481 e. The number of alkyl halides is 3. The van der Waals surface area contributed by atoms with Gasteiger partial charge in [-0.25, -0.2) is 9.48 Å². The summed E-state index contributed by atoms with van der Waals surface area (Å²) >= 11 is 0. The molecule has 0 aliphatic carbocycles. The second-order valence-electron chi connectivity index (χ2n) is 10.4. The van der Waals surface area contributed by atoms with Crippen LogP contribution in [0.1, 0.15) is 68.9 Å². The highest BCUT2D eigenvalue weighted by molar-refractivity contribution is 5.88. The van der Waals surface area contributed by atoms with Crippen molar-refractivity contribution in [3.8, 4) is 0 Å². The van der Waals surface area contributed by atoms with Crippen molar-refractivity contribution in [3.63, 3.8) is 0 Å². The van der Waals surface area contributed by atoms with Gasteiger partial charge in [0.2, 0.25) is 5.91 Å². The highest BCUT2D eigenvalue weighted by Gasteiger charge is 2.46. The number of aryl methyl sites for hydroxylation is 2. The minimum absolute atomic E-state index is 0.0275. The van der Waals surface area contributed by atoms with Gasteiger partial charge in [-0.2, -0.15) is 23.4 Å². The molecule has 232 valence electrons. The van der Waals surface area contributed by atoms with Crippen LogP contribution in [0.25, 0.3) is 0 Å². The number of aromatic nitrogens is 4. The Balaban J connectivity index is 0.000000316. The zero-order valence-electron chi connectivity index (χ0n) is 22.9. The number of nitrogens with zero attached hydrogens (tertiary/aromatic N) is 5. The van der Waals surface area contributed by atoms with Crippen LogP contribution in [0, 0.1) is 6.92 Å². The lowest BCUT2D eigenvalue weighted by atomic mass is 9.96. The molecule has 0 bridgehead atoms. The Morgan fingerprint density at radius 1 is 1.10 bits per heavy atom. The number of aliphatic hydroxyl groups is 1. The maximum atomic E-state index is 13.5. The number of hydrogen-bond donors (Lipinski definition) is 5. The summed E-state index contributed by atoms with van der Waals surface area (Å²) in [5.74, 6) is -4.68. The molecule has 3 atom stereocenters. The van der Waals surface area contributed by atoms with Crippen LogP contribution in [-0.2, 0) is 25.7 Å². The van der Waals surface area contributed by atoms with Crippen LogP contribution in [0.3, 0.4) is 0 Å². The van der Waals surface area contributed by atoms with E-state index in [9.17, 15) is 32.3 Å². The van der Waals surface area contributed by atoms with Gasteiger partial charge >= 0.3 is 24.1 Å². The molecule has 1 unspecified atom stereocenters. The lowest BCUT2D eigenvalue weighted by Crippen LogP contribution is -2.42. The van der Waals surface area contributed by atoms with E-state index in [1.807, 2.05) is 19.2 Å². The third kappa shape index (κ3) is 7.98. The van der Waals surface area contributed by atoms with Crippen molar-refractivity contribution in [1.29, 1.82) is 0 Å². The van der Waals surface area contributed by atoms with Crippen molar-refractivity contribution >= 4 is 29.6 Å². The summed E-state index contributed by atoms with van der Waals surface area (Å²) in [6, 6.07) is 1.32. The number of aliphatic carboxylic acids is 3. The van der Waals surface area contributed by atoms with E-state index in [0.29, 0.717) is 37.4 Å². The van der Waals surface area contributed by atoms with Crippen molar-refractivity contribution in [2.45, 2.75) is 88.8 Å². The van der Waals surface area contributed by atoms with Gasteiger partial charge in [-0.15, -0.1) is 0 Å². The number of halogens is 3. The average molecular weight is 603 g/mol. The molecule has 0 aromatic carbocycles. The summed E-state index contributed by atoms with van der Waals surface area (Å²) < 4.78 is 43.2. The maximum absolute atomic E-state index is 13.5. The van der Waals surface area contributed by atoms with Crippen molar-refractivity contribution < 1.29 is 52.8 Å². The Morgan fingerprint density at radius 3 is 2.26 bits per heavy atom. The number of rotatable bonds is 9. The van der Waals surface area contributed by atoms with E-state index in [0.717, 1.165) is 16.8 Å². The van der Waals surface area contributed by atoms with Crippen LogP contribution in [0.2, 0.25) is 0 Å². The molecular formula is C25H33F3N6O8. The first-order valence-electron chi connectivity index (χ1n) is 13.1. The second kappa shape index (κ2) is 12.8. The molecule has 2 aromatic heterocycles. The summed E-state index contributed by atoms with van der Waals surface area (Å²) in [4.78, 5) is 45.0. The quantitative estimate of drug-likeness (QED) is 0.282. The molecule has 42 heavy (non-hydrogen) atoms. The second-order valence-corrected chi connectivity index (χ2v) is 10.4. The smallest absolute Gasteiger partial charge is 0.410 e. The summed E-state index contributed by atoms with van der Waals surface area (Å²) in [7, 11) is 0. The van der Waals surface area contributed by atoms with E-state index in [1.54, 1.807) is 22.6 Å². The number of carboxylic acid groups (broad SMARTS) is 3. The summed E-state index contributed by atoms with van der Waals surface area (Å²) in [5.41, 5.74) is -1.32. The molecule has 2 aliphatic heterocycles. The zero-order chi connectivity index (χ0) is 31.4. The van der Waals surface area contributed by atoms with Gasteiger partial charge < -0.3 is 30.6 Å². The molecule has 2 aromatic rings. The fourth-order valence-corrected chi connectivity index (χ4v) is 4.97. The van der Waals surface area contributed by atoms with Crippen molar-refractivity contribution in [3.05, 3.63) is 29.7 Å². The minimum Gasteiger partial charge on any atom is -0.481 e. The predicted molar refractivity (Wildman–Crippen MR) is 137 cm³/mol. The van der Waals surface area contributed by atoms with E-state index in [-0.39, 0.29) is 24.4 Å². The summed E-state index contributed by atoms with van der Waals surface area (Å²) in [6.45, 7) is 4.69. The maximum Gasteiger partial charge on any atom is 0.410 e. The topological polar surface area (TPSA) is 200 Å². The van der Waals surface area contributed by atoms with Crippen LogP contribution >= 0.6 is 0 Å². The standard InChI is InChI=1S/C19H25F3N6O.C6H8O7/c1-12-5-8-26(24-12)9-6-18(29)27-7-3-4-15(27)14-11-17-23-13(2)10-16(19(20,21)22)28(17)25-14;7-3(8)1-6(13,5(11)12)2-4(9)10/h5,8,11,13,15-16,23H,3-4,6-7,9-10H2,1-2H3;13H,1-2H2,(H,7,8)(H,9,10)(H,11,12)/t13-,15?,16-;/m1./s1. The third-order valence-corrected chi connectivity index (χ3v) is 6.93. The number of nitrogens with one attached hydrogen (secondary N) is 1. The van der Waals surface area contributed by atoms with Gasteiger partial charge in [0.05, 0.1) is 30.3 Å². The van der Waals surface area contributed by atoms with Crippen LogP contribution in [0.5, 0.6) is 0 Å². The van der Waals surface area contributed by atoms with Gasteiger partial charge in [-0.3, -0.25) is 19.1 Å². The molecular weight excluding hydrogens is 569 g/mol. The molecule has 1 amide bonds. The highest BCUT2D eigenvalue weighted by atomic mass is 19.4. The van der Waals surface area contributed by atoms with E-state index < -0.39 is 48.6 Å². The Kier molecular flexibility index (Phi) is 9.86. The molecule has 0 radical (unpaired) electrons. The summed E-state index contributed by atoms with van der Waals surface area (Å²) in [6.07, 6.45) is -3.07. The van der Waals surface area contributed by atoms with Gasteiger partial charge in [0.15, 0.2) is 11.6 Å². The number of anilines is 1. The fourth-order valence-electron chi connectivity index (χ4n) is 4.97. The van der Waals surface area contributed by atoms with Crippen LogP contribution in [0.15, 0.2) is 18.3 Å². The van der Waals surface area contributed by atoms with Gasteiger partial charge in [-0.1, -0.05) is 0 Å². The lowest BCUT2D eigenvalue weighted by molar-refractivity contribution is -0.173. The number of carbonyl (C=O) groups is 4. The number of carboxylic acids is 3. The Labute approximate surface area is 237 Å². The number of carbonyl (C=O) groups excluding carboxylic acids is 1. The van der Waals surface area contributed by atoms with Gasteiger partial charge in [-0.05, 0) is 39.2 Å². The molecule has 0 spiro atoms. The molecule has 14 nitrogen and oxygen atoms in total. The Hall–Kier alpha value is -4.15. The molecule has 2 aliphatic rings. The number of hydrogen-bond acceptors (Lipinski definition) is 8. The normalized spacial score (nSPS) is 20.2. The number of likely N-dealkylation sites (tertiary alicyclic amines) is 1. The fraction of sp³-hybridized carbons (Fsp3) is 0.600. The van der Waals surface area contributed by atoms with Gasteiger partial charge in [0, 0.05) is 37.8 Å². The SMILES string of the molecule is Cc1ccn(CCC(=O)N2CCCC2c2cc3n(n2)[C@@H](C(F)(F)F)C[C@@H](C)N3)n1.O=C(O)CC(O)(CC(=O)O)C(=O)O. The van der Waals surface area contributed by atoms with Crippen LogP contribution in [0.4, 0.5) is 19.0 Å². The van der Waals surface area contributed by atoms with Crippen molar-refractivity contribution in [1.82, 2.24) is 24.5 Å². The van der Waals surface area contributed by atoms with E-state index in [4.69, 9.17) is 20.4 Å². The molecule has 1 saturated heterocycles. The molecule has 1 fully saturated rings. The number of fused-ring (bicyclic) bond motifs is 1. The predicted octanol–water partition coefficient (Wildman–Crippen LogP) is 2.20. The van der Waals surface area contributed by atoms with Crippen molar-refractivity contribution in [2.75, 3.05) is 11.9 Å².